The van der Waals surface area contributed by atoms with Crippen LogP contribution in [0.15, 0.2) is 0 Å². The van der Waals surface area contributed by atoms with Crippen molar-refractivity contribution in [3.63, 3.8) is 0 Å². The Morgan fingerprint density at radius 2 is 2.08 bits per heavy atom. The highest BCUT2D eigenvalue weighted by Gasteiger charge is 2.07. The van der Waals surface area contributed by atoms with E-state index in [9.17, 15) is 0 Å². The molecule has 0 aliphatic carbocycles. The van der Waals surface area contributed by atoms with E-state index < -0.39 is 0 Å². The monoisotopic (exact) mass is 201 g/mol. The number of anilines is 1. The Balaban J connectivity index is 2.49. The average Bonchev–Trinajstić information content (AvgIpc) is 2.48. The number of aliphatic hydroxyl groups excluding tert-OH is 1. The van der Waals surface area contributed by atoms with Gasteiger partial charge < -0.3 is 10.4 Å². The van der Waals surface area contributed by atoms with Crippen LogP contribution in [0.4, 0.5) is 5.13 Å². The molecule has 0 radical (unpaired) electrons. The lowest BCUT2D eigenvalue weighted by Crippen LogP contribution is -2.14. The summed E-state index contributed by atoms with van der Waals surface area (Å²) in [5.74, 6) is 0.416. The summed E-state index contributed by atoms with van der Waals surface area (Å²) in [7, 11) is 0. The highest BCUT2D eigenvalue weighted by atomic mass is 32.1. The summed E-state index contributed by atoms with van der Waals surface area (Å²) in [6, 6.07) is 0. The molecule has 1 rings (SSSR count). The Hall–Kier alpha value is -0.680. The van der Waals surface area contributed by atoms with Crippen molar-refractivity contribution < 1.29 is 5.11 Å². The van der Waals surface area contributed by atoms with Crippen LogP contribution in [-0.2, 0) is 0 Å². The van der Waals surface area contributed by atoms with Crippen LogP contribution in [0.1, 0.15) is 31.7 Å². The Morgan fingerprint density at radius 3 is 2.54 bits per heavy atom. The lowest BCUT2D eigenvalue weighted by molar-refractivity contribution is 0.208. The van der Waals surface area contributed by atoms with Gasteiger partial charge in [0, 0.05) is 12.5 Å². The Labute approximate surface area is 82.0 Å². The number of nitrogens with one attached hydrogen (secondary N) is 1. The van der Waals surface area contributed by atoms with Gasteiger partial charge in [0.25, 0.3) is 0 Å². The fourth-order valence-electron chi connectivity index (χ4n) is 0.774. The fraction of sp³-hybridized carbons (Fsp3) is 0.750. The summed E-state index contributed by atoms with van der Waals surface area (Å²) in [4.78, 5) is 0. The first-order valence-electron chi connectivity index (χ1n) is 4.35. The van der Waals surface area contributed by atoms with Gasteiger partial charge in [-0.1, -0.05) is 25.2 Å². The zero-order valence-electron chi connectivity index (χ0n) is 8.11. The molecule has 1 heterocycles. The van der Waals surface area contributed by atoms with Gasteiger partial charge in [0.1, 0.15) is 5.01 Å². The van der Waals surface area contributed by atoms with Gasteiger partial charge in [-0.3, -0.25) is 0 Å². The number of aliphatic hydroxyl groups is 1. The van der Waals surface area contributed by atoms with E-state index in [1.807, 2.05) is 0 Å². The molecule has 0 spiro atoms. The third-order valence-corrected chi connectivity index (χ3v) is 2.66. The Bertz CT molecular complexity index is 260. The summed E-state index contributed by atoms with van der Waals surface area (Å²) in [6.45, 7) is 6.42. The van der Waals surface area contributed by atoms with E-state index in [0.717, 1.165) is 10.1 Å². The molecule has 0 saturated heterocycles. The minimum Gasteiger partial charge on any atom is -0.392 e. The molecule has 74 valence electrons. The van der Waals surface area contributed by atoms with Crippen LogP contribution >= 0.6 is 11.3 Å². The van der Waals surface area contributed by atoms with Crippen LogP contribution in [0.3, 0.4) is 0 Å². The molecular weight excluding hydrogens is 186 g/mol. The summed E-state index contributed by atoms with van der Waals surface area (Å²) in [5.41, 5.74) is 0. The molecule has 0 aliphatic heterocycles. The standard InChI is InChI=1S/C8H15N3OS/c1-5(2)7-10-11-8(13-7)9-4-6(3)12/h5-6,12H,4H2,1-3H3,(H,9,11). The molecule has 0 bridgehead atoms. The molecule has 2 N–H and O–H groups in total. The predicted octanol–water partition coefficient (Wildman–Crippen LogP) is 1.45. The van der Waals surface area contributed by atoms with Crippen molar-refractivity contribution in [2.24, 2.45) is 0 Å². The smallest absolute Gasteiger partial charge is 0.205 e. The van der Waals surface area contributed by atoms with Gasteiger partial charge in [0.15, 0.2) is 0 Å². The van der Waals surface area contributed by atoms with Gasteiger partial charge >= 0.3 is 0 Å². The van der Waals surface area contributed by atoms with Crippen molar-refractivity contribution in [1.82, 2.24) is 10.2 Å². The second kappa shape index (κ2) is 4.53. The molecule has 1 aromatic rings. The van der Waals surface area contributed by atoms with E-state index >= 15 is 0 Å². The lowest BCUT2D eigenvalue weighted by atomic mass is 10.2. The third kappa shape index (κ3) is 3.28. The normalized spacial score (nSPS) is 13.3. The Kier molecular flexibility index (Phi) is 3.62. The minimum absolute atomic E-state index is 0.355. The molecule has 1 atom stereocenters. The predicted molar refractivity (Wildman–Crippen MR) is 54.2 cm³/mol. The lowest BCUT2D eigenvalue weighted by Gasteiger charge is -2.03. The zero-order valence-corrected chi connectivity index (χ0v) is 8.93. The molecule has 0 fully saturated rings. The number of nitrogens with zero attached hydrogens (tertiary/aromatic N) is 2. The molecule has 1 unspecified atom stereocenters. The van der Waals surface area contributed by atoms with Crippen molar-refractivity contribution in [3.05, 3.63) is 5.01 Å². The second-order valence-electron chi connectivity index (χ2n) is 3.33. The van der Waals surface area contributed by atoms with E-state index in [4.69, 9.17) is 5.11 Å². The van der Waals surface area contributed by atoms with E-state index in [1.54, 1.807) is 6.92 Å². The van der Waals surface area contributed by atoms with E-state index in [2.05, 4.69) is 29.4 Å². The van der Waals surface area contributed by atoms with Gasteiger partial charge in [-0.15, -0.1) is 10.2 Å². The van der Waals surface area contributed by atoms with Crippen molar-refractivity contribution in [1.29, 1.82) is 0 Å². The molecule has 13 heavy (non-hydrogen) atoms. The first kappa shape index (κ1) is 10.4. The van der Waals surface area contributed by atoms with Gasteiger partial charge in [-0.2, -0.15) is 0 Å². The number of hydrogen-bond donors (Lipinski definition) is 2. The minimum atomic E-state index is -0.355. The molecule has 0 aromatic carbocycles. The second-order valence-corrected chi connectivity index (χ2v) is 4.34. The summed E-state index contributed by atoms with van der Waals surface area (Å²) in [5, 5.41) is 21.8. The van der Waals surface area contributed by atoms with Crippen molar-refractivity contribution in [3.8, 4) is 0 Å². The maximum atomic E-state index is 9.02. The molecule has 5 heteroatoms. The van der Waals surface area contributed by atoms with Gasteiger partial charge in [0.2, 0.25) is 5.13 Å². The number of aromatic nitrogens is 2. The molecule has 0 amide bonds. The van der Waals surface area contributed by atoms with Crippen LogP contribution < -0.4 is 5.32 Å². The van der Waals surface area contributed by atoms with E-state index in [1.165, 1.54) is 11.3 Å². The highest BCUT2D eigenvalue weighted by molar-refractivity contribution is 7.15. The van der Waals surface area contributed by atoms with Crippen molar-refractivity contribution in [2.75, 3.05) is 11.9 Å². The quantitative estimate of drug-likeness (QED) is 0.774. The molecule has 1 aromatic heterocycles. The van der Waals surface area contributed by atoms with Gasteiger partial charge in [0.05, 0.1) is 6.10 Å². The SMILES string of the molecule is CC(O)CNc1nnc(C(C)C)s1. The summed E-state index contributed by atoms with van der Waals surface area (Å²) in [6.07, 6.45) is -0.355. The summed E-state index contributed by atoms with van der Waals surface area (Å²) >= 11 is 1.54. The van der Waals surface area contributed by atoms with Crippen LogP contribution in [0, 0.1) is 0 Å². The highest BCUT2D eigenvalue weighted by Crippen LogP contribution is 2.21. The maximum absolute atomic E-state index is 9.02. The largest absolute Gasteiger partial charge is 0.392 e. The van der Waals surface area contributed by atoms with Crippen LogP contribution in [0.25, 0.3) is 0 Å². The van der Waals surface area contributed by atoms with Gasteiger partial charge in [-0.25, -0.2) is 0 Å². The molecular formula is C8H15N3OS. The molecule has 0 saturated carbocycles. The number of rotatable bonds is 4. The van der Waals surface area contributed by atoms with Crippen molar-refractivity contribution in [2.45, 2.75) is 32.8 Å². The topological polar surface area (TPSA) is 58.0 Å². The van der Waals surface area contributed by atoms with E-state index in [0.29, 0.717) is 12.5 Å². The first-order valence-corrected chi connectivity index (χ1v) is 5.16. The molecule has 0 aliphatic rings. The van der Waals surface area contributed by atoms with Crippen LogP contribution in [-0.4, -0.2) is 28.0 Å². The Morgan fingerprint density at radius 1 is 1.38 bits per heavy atom. The average molecular weight is 201 g/mol. The maximum Gasteiger partial charge on any atom is 0.205 e. The third-order valence-electron chi connectivity index (χ3n) is 1.48. The van der Waals surface area contributed by atoms with Gasteiger partial charge in [-0.05, 0) is 6.92 Å². The zero-order chi connectivity index (χ0) is 9.84. The van der Waals surface area contributed by atoms with Crippen LogP contribution in [0.2, 0.25) is 0 Å². The van der Waals surface area contributed by atoms with Crippen molar-refractivity contribution >= 4 is 16.5 Å². The van der Waals surface area contributed by atoms with E-state index in [-0.39, 0.29) is 6.10 Å². The first-order chi connectivity index (χ1) is 6.09. The molecule has 4 nitrogen and oxygen atoms in total. The van der Waals surface area contributed by atoms with Crippen LogP contribution in [0.5, 0.6) is 0 Å². The number of hydrogen-bond acceptors (Lipinski definition) is 5. The fourth-order valence-corrected chi connectivity index (χ4v) is 1.53. The summed E-state index contributed by atoms with van der Waals surface area (Å²) < 4.78 is 0.